The number of imide groups is 1. The van der Waals surface area contributed by atoms with Crippen LogP contribution in [0.1, 0.15) is 36.2 Å². The third-order valence-electron chi connectivity index (χ3n) is 3.33. The monoisotopic (exact) mass is 261 g/mol. The van der Waals surface area contributed by atoms with Crippen molar-refractivity contribution in [2.75, 3.05) is 4.90 Å². The van der Waals surface area contributed by atoms with E-state index in [-0.39, 0.29) is 23.8 Å². The standard InChI is InChI=1S/C14H15NO4/c1-8-4-5-9(6-10(8)12(17)18)15-11(16)7-14(2,3)13(15)19/h4-6H,7H2,1-3H3,(H,17,18). The van der Waals surface area contributed by atoms with Crippen molar-refractivity contribution in [1.29, 1.82) is 0 Å². The number of anilines is 1. The van der Waals surface area contributed by atoms with E-state index in [2.05, 4.69) is 0 Å². The van der Waals surface area contributed by atoms with Gasteiger partial charge in [-0.05, 0) is 24.6 Å². The summed E-state index contributed by atoms with van der Waals surface area (Å²) >= 11 is 0. The predicted octanol–water partition coefficient (Wildman–Crippen LogP) is 1.98. The molecule has 1 aliphatic heterocycles. The summed E-state index contributed by atoms with van der Waals surface area (Å²) in [6.07, 6.45) is 0.141. The molecule has 5 nitrogen and oxygen atoms in total. The van der Waals surface area contributed by atoms with Gasteiger partial charge in [0, 0.05) is 6.42 Å². The number of hydrogen-bond donors (Lipinski definition) is 1. The lowest BCUT2D eigenvalue weighted by Gasteiger charge is -2.18. The van der Waals surface area contributed by atoms with Crippen molar-refractivity contribution >= 4 is 23.5 Å². The van der Waals surface area contributed by atoms with E-state index in [1.54, 1.807) is 32.9 Å². The molecule has 1 N–H and O–H groups in total. The van der Waals surface area contributed by atoms with E-state index < -0.39 is 11.4 Å². The summed E-state index contributed by atoms with van der Waals surface area (Å²) in [5, 5.41) is 9.08. The molecule has 19 heavy (non-hydrogen) atoms. The maximum Gasteiger partial charge on any atom is 0.336 e. The van der Waals surface area contributed by atoms with Gasteiger partial charge in [0.05, 0.1) is 16.7 Å². The number of aryl methyl sites for hydroxylation is 1. The predicted molar refractivity (Wildman–Crippen MR) is 69.0 cm³/mol. The Morgan fingerprint density at radius 3 is 2.42 bits per heavy atom. The summed E-state index contributed by atoms with van der Waals surface area (Å²) in [6, 6.07) is 4.57. The Bertz CT molecular complexity index is 589. The molecule has 2 amide bonds. The Morgan fingerprint density at radius 1 is 1.32 bits per heavy atom. The second kappa shape index (κ2) is 4.19. The van der Waals surface area contributed by atoms with E-state index in [4.69, 9.17) is 5.11 Å². The maximum atomic E-state index is 12.2. The molecule has 5 heteroatoms. The third-order valence-corrected chi connectivity index (χ3v) is 3.33. The number of amides is 2. The molecule has 1 saturated heterocycles. The fourth-order valence-corrected chi connectivity index (χ4v) is 2.19. The molecule has 2 rings (SSSR count). The fraction of sp³-hybridized carbons (Fsp3) is 0.357. The molecule has 0 spiro atoms. The summed E-state index contributed by atoms with van der Waals surface area (Å²) in [7, 11) is 0. The van der Waals surface area contributed by atoms with Crippen LogP contribution in [0.2, 0.25) is 0 Å². The summed E-state index contributed by atoms with van der Waals surface area (Å²) in [5.74, 6) is -1.66. The van der Waals surface area contributed by atoms with Gasteiger partial charge in [0.25, 0.3) is 0 Å². The van der Waals surface area contributed by atoms with Gasteiger partial charge in [-0.3, -0.25) is 14.5 Å². The molecule has 1 fully saturated rings. The molecule has 0 saturated carbocycles. The summed E-state index contributed by atoms with van der Waals surface area (Å²) in [6.45, 7) is 5.09. The molecule has 1 aromatic rings. The number of carbonyl (C=O) groups excluding carboxylic acids is 2. The van der Waals surface area contributed by atoms with Crippen molar-refractivity contribution in [3.63, 3.8) is 0 Å². The molecule has 0 unspecified atom stereocenters. The van der Waals surface area contributed by atoms with Gasteiger partial charge in [-0.2, -0.15) is 0 Å². The number of rotatable bonds is 2. The lowest BCUT2D eigenvalue weighted by Crippen LogP contribution is -2.33. The average molecular weight is 261 g/mol. The zero-order chi connectivity index (χ0) is 14.4. The van der Waals surface area contributed by atoms with E-state index in [0.717, 1.165) is 4.90 Å². The molecule has 0 aromatic heterocycles. The molecule has 1 aliphatic rings. The van der Waals surface area contributed by atoms with Gasteiger partial charge in [-0.15, -0.1) is 0 Å². The molecule has 0 atom stereocenters. The van der Waals surface area contributed by atoms with E-state index >= 15 is 0 Å². The highest BCUT2D eigenvalue weighted by atomic mass is 16.4. The highest BCUT2D eigenvalue weighted by Crippen LogP contribution is 2.35. The molecule has 0 bridgehead atoms. The Labute approximate surface area is 110 Å². The first-order valence-corrected chi connectivity index (χ1v) is 5.95. The zero-order valence-electron chi connectivity index (χ0n) is 11.1. The number of aromatic carboxylic acids is 1. The van der Waals surface area contributed by atoms with Crippen LogP contribution in [0, 0.1) is 12.3 Å². The van der Waals surface area contributed by atoms with Gasteiger partial charge in [-0.1, -0.05) is 19.9 Å². The number of benzene rings is 1. The van der Waals surface area contributed by atoms with E-state index in [1.165, 1.54) is 6.07 Å². The Hall–Kier alpha value is -2.17. The van der Waals surface area contributed by atoms with Crippen LogP contribution in [0.5, 0.6) is 0 Å². The number of carbonyl (C=O) groups is 3. The first kappa shape index (κ1) is 13.3. The minimum atomic E-state index is -1.07. The summed E-state index contributed by atoms with van der Waals surface area (Å²) < 4.78 is 0. The van der Waals surface area contributed by atoms with Gasteiger partial charge in [0.15, 0.2) is 0 Å². The minimum absolute atomic E-state index is 0.0998. The van der Waals surface area contributed by atoms with Crippen LogP contribution in [-0.2, 0) is 9.59 Å². The molecule has 0 aliphatic carbocycles. The van der Waals surface area contributed by atoms with E-state index in [1.807, 2.05) is 0 Å². The summed E-state index contributed by atoms with van der Waals surface area (Å²) in [5.41, 5.74) is 0.284. The highest BCUT2D eigenvalue weighted by Gasteiger charge is 2.45. The first-order chi connectivity index (χ1) is 8.74. The zero-order valence-corrected chi connectivity index (χ0v) is 11.1. The SMILES string of the molecule is Cc1ccc(N2C(=O)CC(C)(C)C2=O)cc1C(=O)O. The molecular weight excluding hydrogens is 246 g/mol. The topological polar surface area (TPSA) is 74.7 Å². The molecule has 1 heterocycles. The number of carboxylic acid groups (broad SMARTS) is 1. The van der Waals surface area contributed by atoms with Crippen molar-refractivity contribution in [2.45, 2.75) is 27.2 Å². The lowest BCUT2D eigenvalue weighted by molar-refractivity contribution is -0.124. The van der Waals surface area contributed by atoms with Crippen LogP contribution in [0.15, 0.2) is 18.2 Å². The van der Waals surface area contributed by atoms with Crippen molar-refractivity contribution in [3.8, 4) is 0 Å². The molecule has 1 aromatic carbocycles. The normalized spacial score (nSPS) is 17.9. The summed E-state index contributed by atoms with van der Waals surface area (Å²) in [4.78, 5) is 36.3. The molecule has 100 valence electrons. The van der Waals surface area contributed by atoms with E-state index in [0.29, 0.717) is 11.3 Å². The van der Waals surface area contributed by atoms with Crippen LogP contribution in [-0.4, -0.2) is 22.9 Å². The van der Waals surface area contributed by atoms with Gasteiger partial charge in [0.2, 0.25) is 11.8 Å². The van der Waals surface area contributed by atoms with Crippen LogP contribution >= 0.6 is 0 Å². The largest absolute Gasteiger partial charge is 0.478 e. The number of carboxylic acids is 1. The van der Waals surface area contributed by atoms with Crippen molar-refractivity contribution in [1.82, 2.24) is 0 Å². The minimum Gasteiger partial charge on any atom is -0.478 e. The average Bonchev–Trinajstić information content (AvgIpc) is 2.49. The first-order valence-electron chi connectivity index (χ1n) is 5.95. The van der Waals surface area contributed by atoms with E-state index in [9.17, 15) is 14.4 Å². The van der Waals surface area contributed by atoms with Crippen LogP contribution < -0.4 is 4.90 Å². The van der Waals surface area contributed by atoms with Crippen molar-refractivity contribution in [3.05, 3.63) is 29.3 Å². The fourth-order valence-electron chi connectivity index (χ4n) is 2.19. The third kappa shape index (κ3) is 2.12. The smallest absolute Gasteiger partial charge is 0.336 e. The van der Waals surface area contributed by atoms with Gasteiger partial charge >= 0.3 is 5.97 Å². The molecule has 0 radical (unpaired) electrons. The second-order valence-electron chi connectivity index (χ2n) is 5.40. The van der Waals surface area contributed by atoms with Gasteiger partial charge in [0.1, 0.15) is 0 Å². The van der Waals surface area contributed by atoms with Crippen LogP contribution in [0.25, 0.3) is 0 Å². The van der Waals surface area contributed by atoms with Crippen molar-refractivity contribution < 1.29 is 19.5 Å². The highest BCUT2D eigenvalue weighted by molar-refractivity contribution is 6.22. The maximum absolute atomic E-state index is 12.2. The second-order valence-corrected chi connectivity index (χ2v) is 5.40. The van der Waals surface area contributed by atoms with Crippen LogP contribution in [0.4, 0.5) is 5.69 Å². The quantitative estimate of drug-likeness (QED) is 0.826. The van der Waals surface area contributed by atoms with Gasteiger partial charge < -0.3 is 5.11 Å². The Balaban J connectivity index is 2.49. The van der Waals surface area contributed by atoms with Crippen molar-refractivity contribution in [2.24, 2.45) is 5.41 Å². The molecular formula is C14H15NO4. The number of hydrogen-bond acceptors (Lipinski definition) is 3. The Kier molecular flexibility index (Phi) is 2.92. The lowest BCUT2D eigenvalue weighted by atomic mass is 9.92. The Morgan fingerprint density at radius 2 is 1.95 bits per heavy atom. The van der Waals surface area contributed by atoms with Gasteiger partial charge in [-0.25, -0.2) is 4.79 Å². The number of nitrogens with zero attached hydrogens (tertiary/aromatic N) is 1. The van der Waals surface area contributed by atoms with Crippen LogP contribution in [0.3, 0.4) is 0 Å².